The van der Waals surface area contributed by atoms with Crippen LogP contribution in [-0.4, -0.2) is 34.5 Å². The molecule has 2 aliphatic rings. The van der Waals surface area contributed by atoms with Gasteiger partial charge in [0.05, 0.1) is 18.8 Å². The predicted molar refractivity (Wildman–Crippen MR) is 73.8 cm³/mol. The highest BCUT2D eigenvalue weighted by atomic mass is 16.4. The summed E-state index contributed by atoms with van der Waals surface area (Å²) in [6.45, 7) is -0.250. The third kappa shape index (κ3) is 5.41. The van der Waals surface area contributed by atoms with Gasteiger partial charge in [0.15, 0.2) is 0 Å². The lowest BCUT2D eigenvalue weighted by atomic mass is 10.0. The molecular formula is C15H22O4. The Kier molecular flexibility index (Phi) is 7.15. The molecule has 0 fully saturated rings. The molecule has 0 saturated carbocycles. The highest BCUT2D eigenvalue weighted by Gasteiger charge is 2.17. The second kappa shape index (κ2) is 8.67. The van der Waals surface area contributed by atoms with Crippen LogP contribution in [0.25, 0.3) is 0 Å². The summed E-state index contributed by atoms with van der Waals surface area (Å²) >= 11 is 0. The Morgan fingerprint density at radius 1 is 1.11 bits per heavy atom. The Morgan fingerprint density at radius 2 is 1.74 bits per heavy atom. The van der Waals surface area contributed by atoms with Gasteiger partial charge < -0.3 is 15.3 Å². The van der Waals surface area contributed by atoms with Crippen LogP contribution in [0.2, 0.25) is 0 Å². The Hall–Kier alpha value is -1.39. The van der Waals surface area contributed by atoms with Crippen molar-refractivity contribution in [3.05, 3.63) is 34.9 Å². The van der Waals surface area contributed by atoms with Crippen molar-refractivity contribution in [1.29, 1.82) is 0 Å². The number of carbonyl (C=O) groups is 1. The number of aliphatic carboxylic acids is 1. The fourth-order valence-corrected chi connectivity index (χ4v) is 2.22. The van der Waals surface area contributed by atoms with Crippen LogP contribution in [0.4, 0.5) is 0 Å². The standard InChI is InChI=1S/C13H16O2.C2H6O2/c14-13(15)12(11-7-3-4-8-11)9-10-5-1-2-6-10;3-1-2-4/h5,7,9H,1-4,6,8H2,(H,14,15);3-4H,1-2H2. The molecule has 0 radical (unpaired) electrons. The molecule has 0 saturated heterocycles. The minimum atomic E-state index is -0.782. The molecule has 0 heterocycles. The van der Waals surface area contributed by atoms with Crippen molar-refractivity contribution in [3.63, 3.8) is 0 Å². The number of hydrogen-bond donors (Lipinski definition) is 3. The molecule has 2 rings (SSSR count). The molecule has 106 valence electrons. The highest BCUT2D eigenvalue weighted by Crippen LogP contribution is 2.28. The van der Waals surface area contributed by atoms with E-state index < -0.39 is 5.97 Å². The van der Waals surface area contributed by atoms with Gasteiger partial charge in [-0.15, -0.1) is 0 Å². The number of allylic oxidation sites excluding steroid dienone is 4. The largest absolute Gasteiger partial charge is 0.478 e. The Labute approximate surface area is 113 Å². The van der Waals surface area contributed by atoms with E-state index in [1.54, 1.807) is 0 Å². The summed E-state index contributed by atoms with van der Waals surface area (Å²) in [5.74, 6) is -0.782. The van der Waals surface area contributed by atoms with E-state index in [2.05, 4.69) is 12.2 Å². The van der Waals surface area contributed by atoms with E-state index in [4.69, 9.17) is 15.3 Å². The number of hydrogen-bond acceptors (Lipinski definition) is 3. The van der Waals surface area contributed by atoms with Crippen molar-refractivity contribution in [2.24, 2.45) is 0 Å². The fourth-order valence-electron chi connectivity index (χ4n) is 2.22. The van der Waals surface area contributed by atoms with Crippen LogP contribution in [0.15, 0.2) is 34.9 Å². The first-order chi connectivity index (χ1) is 9.19. The van der Waals surface area contributed by atoms with Gasteiger partial charge in [-0.25, -0.2) is 4.79 Å². The molecule has 0 aromatic carbocycles. The molecule has 4 nitrogen and oxygen atoms in total. The first kappa shape index (κ1) is 15.7. The zero-order chi connectivity index (χ0) is 14.1. The van der Waals surface area contributed by atoms with Crippen molar-refractivity contribution in [2.45, 2.75) is 38.5 Å². The number of carboxylic acid groups (broad SMARTS) is 1. The maximum atomic E-state index is 11.1. The second-order valence-electron chi connectivity index (χ2n) is 4.60. The normalized spacial score (nSPS) is 18.5. The molecule has 0 bridgehead atoms. The molecule has 0 aliphatic heterocycles. The van der Waals surface area contributed by atoms with Crippen molar-refractivity contribution in [2.75, 3.05) is 13.2 Å². The highest BCUT2D eigenvalue weighted by molar-refractivity contribution is 5.92. The maximum Gasteiger partial charge on any atom is 0.335 e. The molecule has 0 spiro atoms. The van der Waals surface area contributed by atoms with E-state index in [0.717, 1.165) is 44.1 Å². The maximum absolute atomic E-state index is 11.1. The van der Waals surface area contributed by atoms with Gasteiger partial charge in [0, 0.05) is 0 Å². The predicted octanol–water partition coefficient (Wildman–Crippen LogP) is 2.19. The van der Waals surface area contributed by atoms with Crippen LogP contribution < -0.4 is 0 Å². The van der Waals surface area contributed by atoms with Crippen molar-refractivity contribution in [1.82, 2.24) is 0 Å². The van der Waals surface area contributed by atoms with E-state index in [-0.39, 0.29) is 13.2 Å². The van der Waals surface area contributed by atoms with Crippen LogP contribution in [-0.2, 0) is 4.79 Å². The molecule has 4 heteroatoms. The van der Waals surface area contributed by atoms with E-state index in [0.29, 0.717) is 5.57 Å². The summed E-state index contributed by atoms with van der Waals surface area (Å²) in [5, 5.41) is 24.4. The second-order valence-corrected chi connectivity index (χ2v) is 4.60. The minimum Gasteiger partial charge on any atom is -0.478 e. The van der Waals surface area contributed by atoms with Gasteiger partial charge in [-0.1, -0.05) is 17.7 Å². The van der Waals surface area contributed by atoms with Crippen LogP contribution in [0, 0.1) is 0 Å². The van der Waals surface area contributed by atoms with Crippen molar-refractivity contribution in [3.8, 4) is 0 Å². The van der Waals surface area contributed by atoms with E-state index >= 15 is 0 Å². The number of aliphatic hydroxyl groups excluding tert-OH is 2. The lowest BCUT2D eigenvalue weighted by molar-refractivity contribution is -0.132. The summed E-state index contributed by atoms with van der Waals surface area (Å²) in [6.07, 6.45) is 12.4. The summed E-state index contributed by atoms with van der Waals surface area (Å²) in [4.78, 5) is 11.1. The SMILES string of the molecule is O=C(O)C(=CC1=CCCC1)C1=CCCC1.OCCO. The third-order valence-electron chi connectivity index (χ3n) is 3.12. The molecule has 0 atom stereocenters. The minimum absolute atomic E-state index is 0.125. The number of aliphatic hydroxyl groups is 2. The quantitative estimate of drug-likeness (QED) is 0.682. The molecular weight excluding hydrogens is 244 g/mol. The average Bonchev–Trinajstić information content (AvgIpc) is 3.08. The van der Waals surface area contributed by atoms with Gasteiger partial charge in [-0.05, 0) is 50.2 Å². The first-order valence-electron chi connectivity index (χ1n) is 6.74. The zero-order valence-electron chi connectivity index (χ0n) is 11.1. The van der Waals surface area contributed by atoms with Gasteiger partial charge in [0.2, 0.25) is 0 Å². The zero-order valence-corrected chi connectivity index (χ0v) is 11.1. The molecule has 0 aromatic rings. The lowest BCUT2D eigenvalue weighted by Gasteiger charge is -2.03. The van der Waals surface area contributed by atoms with Gasteiger partial charge in [-0.3, -0.25) is 0 Å². The Morgan fingerprint density at radius 3 is 2.16 bits per heavy atom. The van der Waals surface area contributed by atoms with Gasteiger partial charge in [-0.2, -0.15) is 0 Å². The topological polar surface area (TPSA) is 77.8 Å². The average molecular weight is 266 g/mol. The van der Waals surface area contributed by atoms with Crippen molar-refractivity contribution >= 4 is 5.97 Å². The van der Waals surface area contributed by atoms with Crippen molar-refractivity contribution < 1.29 is 20.1 Å². The van der Waals surface area contributed by atoms with E-state index in [1.165, 1.54) is 5.57 Å². The molecule has 19 heavy (non-hydrogen) atoms. The monoisotopic (exact) mass is 266 g/mol. The van der Waals surface area contributed by atoms with Gasteiger partial charge in [0.1, 0.15) is 0 Å². The summed E-state index contributed by atoms with van der Waals surface area (Å²) in [6, 6.07) is 0. The molecule has 0 unspecified atom stereocenters. The molecule has 3 N–H and O–H groups in total. The van der Waals surface area contributed by atoms with Gasteiger partial charge >= 0.3 is 5.97 Å². The van der Waals surface area contributed by atoms with Crippen LogP contribution >= 0.6 is 0 Å². The number of carboxylic acids is 1. The van der Waals surface area contributed by atoms with Crippen LogP contribution in [0.3, 0.4) is 0 Å². The Balaban J connectivity index is 0.000000399. The van der Waals surface area contributed by atoms with Crippen LogP contribution in [0.1, 0.15) is 38.5 Å². The first-order valence-corrected chi connectivity index (χ1v) is 6.74. The summed E-state index contributed by atoms with van der Waals surface area (Å²) in [5.41, 5.74) is 2.73. The molecule has 0 aromatic heterocycles. The van der Waals surface area contributed by atoms with Gasteiger partial charge in [0.25, 0.3) is 0 Å². The summed E-state index contributed by atoms with van der Waals surface area (Å²) in [7, 11) is 0. The fraction of sp³-hybridized carbons (Fsp3) is 0.533. The third-order valence-corrected chi connectivity index (χ3v) is 3.12. The number of rotatable bonds is 4. The van der Waals surface area contributed by atoms with Crippen LogP contribution in [0.5, 0.6) is 0 Å². The van der Waals surface area contributed by atoms with E-state index in [9.17, 15) is 4.79 Å². The summed E-state index contributed by atoms with van der Waals surface area (Å²) < 4.78 is 0. The smallest absolute Gasteiger partial charge is 0.335 e. The molecule has 2 aliphatic carbocycles. The lowest BCUT2D eigenvalue weighted by Crippen LogP contribution is -2.03. The Bertz CT molecular complexity index is 389. The molecule has 0 amide bonds. The van der Waals surface area contributed by atoms with E-state index in [1.807, 2.05) is 6.08 Å².